The van der Waals surface area contributed by atoms with Crippen molar-refractivity contribution in [2.45, 2.75) is 39.4 Å². The van der Waals surface area contributed by atoms with Crippen molar-refractivity contribution in [2.24, 2.45) is 0 Å². The quantitative estimate of drug-likeness (QED) is 0.844. The topological polar surface area (TPSA) is 58.5 Å². The van der Waals surface area contributed by atoms with Crippen molar-refractivity contribution >= 4 is 0 Å². The minimum atomic E-state index is 0.0409. The molecule has 17 heavy (non-hydrogen) atoms. The second kappa shape index (κ2) is 4.71. The molecule has 0 aliphatic carbocycles. The SMILES string of the molecule is CC(C)(C)n1cc(CNCc2ncc[nH]2)cn1. The van der Waals surface area contributed by atoms with Gasteiger partial charge in [-0.25, -0.2) is 4.98 Å². The van der Waals surface area contributed by atoms with Gasteiger partial charge in [0, 0.05) is 30.7 Å². The van der Waals surface area contributed by atoms with Crippen LogP contribution in [0.15, 0.2) is 24.8 Å². The van der Waals surface area contributed by atoms with Gasteiger partial charge in [-0.15, -0.1) is 0 Å². The molecule has 2 heterocycles. The van der Waals surface area contributed by atoms with Gasteiger partial charge in [-0.1, -0.05) is 0 Å². The van der Waals surface area contributed by atoms with Crippen LogP contribution in [0.4, 0.5) is 0 Å². The van der Waals surface area contributed by atoms with Gasteiger partial charge in [0.1, 0.15) is 5.82 Å². The second-order valence-corrected chi connectivity index (χ2v) is 5.10. The molecule has 0 aliphatic rings. The van der Waals surface area contributed by atoms with Crippen molar-refractivity contribution in [3.8, 4) is 0 Å². The first-order chi connectivity index (χ1) is 8.05. The molecule has 0 aromatic carbocycles. The van der Waals surface area contributed by atoms with Crippen molar-refractivity contribution in [1.29, 1.82) is 0 Å². The van der Waals surface area contributed by atoms with Crippen LogP contribution < -0.4 is 5.32 Å². The number of imidazole rings is 1. The summed E-state index contributed by atoms with van der Waals surface area (Å²) in [4.78, 5) is 7.21. The van der Waals surface area contributed by atoms with Crippen LogP contribution in [0.2, 0.25) is 0 Å². The molecular formula is C12H19N5. The van der Waals surface area contributed by atoms with Crippen LogP contribution in [0.3, 0.4) is 0 Å². The molecule has 0 unspecified atom stereocenters. The molecule has 0 aliphatic heterocycles. The van der Waals surface area contributed by atoms with E-state index in [1.807, 2.05) is 17.1 Å². The minimum Gasteiger partial charge on any atom is -0.348 e. The van der Waals surface area contributed by atoms with E-state index < -0.39 is 0 Å². The second-order valence-electron chi connectivity index (χ2n) is 5.10. The zero-order valence-corrected chi connectivity index (χ0v) is 10.6. The number of nitrogens with one attached hydrogen (secondary N) is 2. The molecule has 5 nitrogen and oxygen atoms in total. The maximum atomic E-state index is 4.36. The summed E-state index contributed by atoms with van der Waals surface area (Å²) in [6.45, 7) is 7.96. The van der Waals surface area contributed by atoms with E-state index in [9.17, 15) is 0 Å². The van der Waals surface area contributed by atoms with E-state index in [1.54, 1.807) is 6.20 Å². The highest BCUT2D eigenvalue weighted by molar-refractivity contribution is 5.05. The van der Waals surface area contributed by atoms with Crippen LogP contribution in [0, 0.1) is 0 Å². The highest BCUT2D eigenvalue weighted by atomic mass is 15.3. The fraction of sp³-hybridized carbons (Fsp3) is 0.500. The highest BCUT2D eigenvalue weighted by Crippen LogP contribution is 2.12. The molecular weight excluding hydrogens is 214 g/mol. The van der Waals surface area contributed by atoms with Crippen LogP contribution in [0.1, 0.15) is 32.2 Å². The fourth-order valence-electron chi connectivity index (χ4n) is 1.54. The molecule has 5 heteroatoms. The van der Waals surface area contributed by atoms with Gasteiger partial charge in [0.2, 0.25) is 0 Å². The Hall–Kier alpha value is -1.62. The Bertz CT molecular complexity index is 449. The summed E-state index contributed by atoms with van der Waals surface area (Å²) >= 11 is 0. The van der Waals surface area contributed by atoms with Crippen molar-refractivity contribution < 1.29 is 0 Å². The Morgan fingerprint density at radius 1 is 1.35 bits per heavy atom. The third kappa shape index (κ3) is 3.17. The van der Waals surface area contributed by atoms with Crippen LogP contribution in [-0.2, 0) is 18.6 Å². The summed E-state index contributed by atoms with van der Waals surface area (Å²) in [6.07, 6.45) is 7.57. The normalized spacial score (nSPS) is 11.9. The smallest absolute Gasteiger partial charge is 0.120 e. The minimum absolute atomic E-state index is 0.0409. The number of H-pyrrole nitrogens is 1. The molecule has 0 radical (unpaired) electrons. The lowest BCUT2D eigenvalue weighted by Crippen LogP contribution is -2.22. The van der Waals surface area contributed by atoms with Crippen molar-refractivity contribution in [1.82, 2.24) is 25.1 Å². The molecule has 2 rings (SSSR count). The standard InChI is InChI=1S/C12H19N5/c1-12(2,3)17-9-10(7-16-17)6-13-8-11-14-4-5-15-11/h4-5,7,9,13H,6,8H2,1-3H3,(H,14,15). The molecule has 0 saturated carbocycles. The molecule has 0 atom stereocenters. The molecule has 0 spiro atoms. The zero-order chi connectivity index (χ0) is 12.3. The van der Waals surface area contributed by atoms with Gasteiger partial charge in [0.15, 0.2) is 0 Å². The molecule has 2 aromatic heterocycles. The first kappa shape index (κ1) is 11.9. The first-order valence-corrected chi connectivity index (χ1v) is 5.79. The summed E-state index contributed by atoms with van der Waals surface area (Å²) < 4.78 is 1.98. The Morgan fingerprint density at radius 3 is 2.76 bits per heavy atom. The highest BCUT2D eigenvalue weighted by Gasteiger charge is 2.13. The van der Waals surface area contributed by atoms with Gasteiger partial charge in [-0.3, -0.25) is 4.68 Å². The van der Waals surface area contributed by atoms with Crippen LogP contribution >= 0.6 is 0 Å². The van der Waals surface area contributed by atoms with Gasteiger partial charge >= 0.3 is 0 Å². The number of nitrogens with zero attached hydrogens (tertiary/aromatic N) is 3. The lowest BCUT2D eigenvalue weighted by molar-refractivity contribution is 0.355. The number of aromatic amines is 1. The number of hydrogen-bond donors (Lipinski definition) is 2. The largest absolute Gasteiger partial charge is 0.348 e. The van der Waals surface area contributed by atoms with E-state index in [-0.39, 0.29) is 5.54 Å². The molecule has 2 N–H and O–H groups in total. The van der Waals surface area contributed by atoms with Gasteiger partial charge in [-0.05, 0) is 20.8 Å². The Kier molecular flexibility index (Phi) is 3.28. The molecule has 0 fully saturated rings. The molecule has 2 aromatic rings. The average Bonchev–Trinajstić information content (AvgIpc) is 2.86. The van der Waals surface area contributed by atoms with Gasteiger partial charge in [0.25, 0.3) is 0 Å². The molecule has 92 valence electrons. The third-order valence-corrected chi connectivity index (χ3v) is 2.50. The van der Waals surface area contributed by atoms with E-state index in [0.29, 0.717) is 0 Å². The van der Waals surface area contributed by atoms with E-state index >= 15 is 0 Å². The predicted octanol–water partition coefficient (Wildman–Crippen LogP) is 1.65. The molecule has 0 bridgehead atoms. The number of aromatic nitrogens is 4. The summed E-state index contributed by atoms with van der Waals surface area (Å²) in [5.74, 6) is 0.952. The van der Waals surface area contributed by atoms with E-state index in [4.69, 9.17) is 0 Å². The maximum absolute atomic E-state index is 4.36. The number of rotatable bonds is 4. The third-order valence-electron chi connectivity index (χ3n) is 2.50. The van der Waals surface area contributed by atoms with Crippen molar-refractivity contribution in [3.05, 3.63) is 36.2 Å². The Morgan fingerprint density at radius 2 is 2.18 bits per heavy atom. The van der Waals surface area contributed by atoms with E-state index in [2.05, 4.69) is 47.4 Å². The van der Waals surface area contributed by atoms with Crippen LogP contribution in [0.25, 0.3) is 0 Å². The van der Waals surface area contributed by atoms with Gasteiger partial charge in [-0.2, -0.15) is 5.10 Å². The summed E-state index contributed by atoms with van der Waals surface area (Å²) in [5, 5.41) is 7.68. The molecule has 0 amide bonds. The van der Waals surface area contributed by atoms with Gasteiger partial charge < -0.3 is 10.3 Å². The summed E-state index contributed by atoms with van der Waals surface area (Å²) in [5.41, 5.74) is 1.23. The summed E-state index contributed by atoms with van der Waals surface area (Å²) in [6, 6.07) is 0. The first-order valence-electron chi connectivity index (χ1n) is 5.79. The monoisotopic (exact) mass is 233 g/mol. The van der Waals surface area contributed by atoms with Gasteiger partial charge in [0.05, 0.1) is 18.3 Å². The lowest BCUT2D eigenvalue weighted by Gasteiger charge is -2.18. The number of hydrogen-bond acceptors (Lipinski definition) is 3. The van der Waals surface area contributed by atoms with E-state index in [1.165, 1.54) is 5.56 Å². The maximum Gasteiger partial charge on any atom is 0.120 e. The predicted molar refractivity (Wildman–Crippen MR) is 66.4 cm³/mol. The lowest BCUT2D eigenvalue weighted by atomic mass is 10.1. The summed E-state index contributed by atoms with van der Waals surface area (Å²) in [7, 11) is 0. The van der Waals surface area contributed by atoms with Crippen LogP contribution in [0.5, 0.6) is 0 Å². The average molecular weight is 233 g/mol. The molecule has 0 saturated heterocycles. The van der Waals surface area contributed by atoms with Crippen molar-refractivity contribution in [2.75, 3.05) is 0 Å². The Balaban J connectivity index is 1.85. The van der Waals surface area contributed by atoms with E-state index in [0.717, 1.165) is 18.9 Å². The Labute approximate surface area is 101 Å². The zero-order valence-electron chi connectivity index (χ0n) is 10.6. The van der Waals surface area contributed by atoms with Crippen molar-refractivity contribution in [3.63, 3.8) is 0 Å². The fourth-order valence-corrected chi connectivity index (χ4v) is 1.54. The van der Waals surface area contributed by atoms with Crippen LogP contribution in [-0.4, -0.2) is 19.7 Å².